The first-order valence-electron chi connectivity index (χ1n) is 9.98. The summed E-state index contributed by atoms with van der Waals surface area (Å²) in [5, 5.41) is 3.08. The standard InChI is InChI=1S/C21H29N3O3.ClH/c1-2-16-5-7-17(8-6-16)19(25)9-10-20(26)23-12-3-4-18(15-23)24-13-11-22-14-21(24)27;/h5-8,18,22H,2-4,9-15H2,1H3;1H. The molecule has 0 radical (unpaired) electrons. The molecule has 1 aromatic rings. The number of carbonyl (C=O) groups excluding carboxylic acids is 3. The smallest absolute Gasteiger partial charge is 0.236 e. The zero-order chi connectivity index (χ0) is 19.2. The van der Waals surface area contributed by atoms with Gasteiger partial charge in [-0.05, 0) is 24.8 Å². The summed E-state index contributed by atoms with van der Waals surface area (Å²) in [5.41, 5.74) is 1.87. The van der Waals surface area contributed by atoms with Crippen molar-refractivity contribution < 1.29 is 14.4 Å². The fourth-order valence-electron chi connectivity index (χ4n) is 3.89. The predicted octanol–water partition coefficient (Wildman–Crippen LogP) is 2.06. The van der Waals surface area contributed by atoms with Gasteiger partial charge < -0.3 is 15.1 Å². The zero-order valence-electron chi connectivity index (χ0n) is 16.5. The number of rotatable bonds is 6. The first-order valence-corrected chi connectivity index (χ1v) is 9.98. The summed E-state index contributed by atoms with van der Waals surface area (Å²) in [4.78, 5) is 40.8. The van der Waals surface area contributed by atoms with Crippen LogP contribution in [0, 0.1) is 0 Å². The summed E-state index contributed by atoms with van der Waals surface area (Å²) >= 11 is 0. The Balaban J connectivity index is 0.00000280. The average molecular weight is 408 g/mol. The normalized spacial score (nSPS) is 19.9. The number of benzene rings is 1. The van der Waals surface area contributed by atoms with Crippen molar-refractivity contribution in [2.75, 3.05) is 32.7 Å². The van der Waals surface area contributed by atoms with Gasteiger partial charge in [-0.2, -0.15) is 0 Å². The van der Waals surface area contributed by atoms with Gasteiger partial charge in [0.25, 0.3) is 0 Å². The quantitative estimate of drug-likeness (QED) is 0.733. The Morgan fingerprint density at radius 2 is 1.89 bits per heavy atom. The van der Waals surface area contributed by atoms with Gasteiger partial charge in [0.15, 0.2) is 5.78 Å². The maximum Gasteiger partial charge on any atom is 0.236 e. The number of Topliss-reactive ketones (excluding diaryl/α,β-unsaturated/α-hetero) is 1. The molecule has 2 fully saturated rings. The minimum atomic E-state index is 0. The number of nitrogens with zero attached hydrogens (tertiary/aromatic N) is 2. The van der Waals surface area contributed by atoms with Gasteiger partial charge in [0.05, 0.1) is 6.54 Å². The second kappa shape index (κ2) is 10.6. The van der Waals surface area contributed by atoms with Crippen LogP contribution < -0.4 is 5.32 Å². The highest BCUT2D eigenvalue weighted by Crippen LogP contribution is 2.18. The lowest BCUT2D eigenvalue weighted by Gasteiger charge is -2.41. The highest BCUT2D eigenvalue weighted by Gasteiger charge is 2.31. The number of aryl methyl sites for hydroxylation is 1. The molecule has 3 rings (SSSR count). The third-order valence-corrected chi connectivity index (χ3v) is 5.57. The molecule has 2 aliphatic rings. The van der Waals surface area contributed by atoms with Crippen LogP contribution in [0.4, 0.5) is 0 Å². The van der Waals surface area contributed by atoms with Crippen molar-refractivity contribution in [1.29, 1.82) is 0 Å². The number of carbonyl (C=O) groups is 3. The largest absolute Gasteiger partial charge is 0.341 e. The molecule has 1 atom stereocenters. The summed E-state index contributed by atoms with van der Waals surface area (Å²) < 4.78 is 0. The third-order valence-electron chi connectivity index (χ3n) is 5.57. The van der Waals surface area contributed by atoms with Gasteiger partial charge in [0, 0.05) is 50.6 Å². The monoisotopic (exact) mass is 407 g/mol. The van der Waals surface area contributed by atoms with E-state index in [1.807, 2.05) is 34.1 Å². The molecule has 0 aromatic heterocycles. The lowest BCUT2D eigenvalue weighted by Crippen LogP contribution is -2.57. The van der Waals surface area contributed by atoms with E-state index in [-0.39, 0.29) is 48.9 Å². The number of amides is 2. The Kier molecular flexibility index (Phi) is 8.45. The fourth-order valence-corrected chi connectivity index (χ4v) is 3.89. The number of hydrogen-bond acceptors (Lipinski definition) is 4. The molecule has 2 saturated heterocycles. The van der Waals surface area contributed by atoms with Gasteiger partial charge in [0.1, 0.15) is 0 Å². The number of piperidine rings is 1. The van der Waals surface area contributed by atoms with Gasteiger partial charge in [-0.25, -0.2) is 0 Å². The molecule has 154 valence electrons. The first kappa shape index (κ1) is 22.4. The van der Waals surface area contributed by atoms with E-state index >= 15 is 0 Å². The molecule has 0 bridgehead atoms. The lowest BCUT2D eigenvalue weighted by atomic mass is 10.0. The van der Waals surface area contributed by atoms with Crippen molar-refractivity contribution in [2.45, 2.75) is 45.1 Å². The van der Waals surface area contributed by atoms with Crippen LogP contribution in [0.2, 0.25) is 0 Å². The maximum absolute atomic E-state index is 12.6. The number of piperazine rings is 1. The third kappa shape index (κ3) is 5.55. The Hall–Kier alpha value is -1.92. The molecule has 1 aromatic carbocycles. The molecule has 0 saturated carbocycles. The van der Waals surface area contributed by atoms with E-state index in [4.69, 9.17) is 0 Å². The second-order valence-electron chi connectivity index (χ2n) is 7.37. The van der Waals surface area contributed by atoms with Crippen LogP contribution in [0.15, 0.2) is 24.3 Å². The highest BCUT2D eigenvalue weighted by atomic mass is 35.5. The van der Waals surface area contributed by atoms with Gasteiger partial charge in [0.2, 0.25) is 11.8 Å². The van der Waals surface area contributed by atoms with E-state index in [1.54, 1.807) is 0 Å². The van der Waals surface area contributed by atoms with Crippen LogP contribution >= 0.6 is 12.4 Å². The fraction of sp³-hybridized carbons (Fsp3) is 0.571. The lowest BCUT2D eigenvalue weighted by molar-refractivity contribution is -0.140. The van der Waals surface area contributed by atoms with E-state index in [0.717, 1.165) is 32.4 Å². The van der Waals surface area contributed by atoms with Crippen LogP contribution in [0.5, 0.6) is 0 Å². The minimum absolute atomic E-state index is 0. The van der Waals surface area contributed by atoms with Crippen molar-refractivity contribution in [3.8, 4) is 0 Å². The molecule has 2 aliphatic heterocycles. The summed E-state index contributed by atoms with van der Waals surface area (Å²) in [5.74, 6) is 0.143. The Bertz CT molecular complexity index is 693. The molecule has 1 N–H and O–H groups in total. The van der Waals surface area contributed by atoms with Crippen LogP contribution in [0.1, 0.15) is 48.5 Å². The van der Waals surface area contributed by atoms with Crippen molar-refractivity contribution in [3.05, 3.63) is 35.4 Å². The molecule has 0 spiro atoms. The Morgan fingerprint density at radius 1 is 1.14 bits per heavy atom. The van der Waals surface area contributed by atoms with Crippen molar-refractivity contribution >= 4 is 30.0 Å². The molecule has 1 unspecified atom stereocenters. The minimum Gasteiger partial charge on any atom is -0.341 e. The van der Waals surface area contributed by atoms with Crippen molar-refractivity contribution in [1.82, 2.24) is 15.1 Å². The molecule has 28 heavy (non-hydrogen) atoms. The number of ketones is 1. The van der Waals surface area contributed by atoms with Gasteiger partial charge >= 0.3 is 0 Å². The molecule has 0 aliphatic carbocycles. The van der Waals surface area contributed by atoms with E-state index in [9.17, 15) is 14.4 Å². The van der Waals surface area contributed by atoms with Crippen molar-refractivity contribution in [3.63, 3.8) is 0 Å². The van der Waals surface area contributed by atoms with Gasteiger partial charge in [-0.1, -0.05) is 31.2 Å². The van der Waals surface area contributed by atoms with E-state index in [1.165, 1.54) is 5.56 Å². The van der Waals surface area contributed by atoms with Crippen LogP contribution in [-0.2, 0) is 16.0 Å². The molecule has 2 amide bonds. The Morgan fingerprint density at radius 3 is 2.57 bits per heavy atom. The average Bonchev–Trinajstić information content (AvgIpc) is 2.72. The number of nitrogens with one attached hydrogen (secondary N) is 1. The maximum atomic E-state index is 12.6. The topological polar surface area (TPSA) is 69.7 Å². The summed E-state index contributed by atoms with van der Waals surface area (Å²) in [6.07, 6.45) is 3.26. The number of hydrogen-bond donors (Lipinski definition) is 1. The number of likely N-dealkylation sites (tertiary alicyclic amines) is 1. The van der Waals surface area contributed by atoms with Gasteiger partial charge in [-0.3, -0.25) is 14.4 Å². The zero-order valence-corrected chi connectivity index (χ0v) is 17.3. The first-order chi connectivity index (χ1) is 13.1. The van der Waals surface area contributed by atoms with E-state index in [0.29, 0.717) is 25.2 Å². The van der Waals surface area contributed by atoms with Crippen LogP contribution in [0.3, 0.4) is 0 Å². The SMILES string of the molecule is CCc1ccc(C(=O)CCC(=O)N2CCCC(N3CCNCC3=O)C2)cc1.Cl. The van der Waals surface area contributed by atoms with Crippen LogP contribution in [-0.4, -0.2) is 66.2 Å². The second-order valence-corrected chi connectivity index (χ2v) is 7.37. The van der Waals surface area contributed by atoms with Crippen LogP contribution in [0.25, 0.3) is 0 Å². The summed E-state index contributed by atoms with van der Waals surface area (Å²) in [7, 11) is 0. The van der Waals surface area contributed by atoms with E-state index in [2.05, 4.69) is 12.2 Å². The summed E-state index contributed by atoms with van der Waals surface area (Å²) in [6.45, 7) is 5.28. The van der Waals surface area contributed by atoms with Crippen molar-refractivity contribution in [2.24, 2.45) is 0 Å². The molecule has 6 nitrogen and oxygen atoms in total. The molecule has 2 heterocycles. The molecular weight excluding hydrogens is 378 g/mol. The molecule has 7 heteroatoms. The molecular formula is C21H30ClN3O3. The highest BCUT2D eigenvalue weighted by molar-refractivity contribution is 5.98. The Labute approximate surface area is 173 Å². The predicted molar refractivity (Wildman–Crippen MR) is 111 cm³/mol. The van der Waals surface area contributed by atoms with Gasteiger partial charge in [-0.15, -0.1) is 12.4 Å². The number of halogens is 1. The van der Waals surface area contributed by atoms with E-state index < -0.39 is 0 Å². The summed E-state index contributed by atoms with van der Waals surface area (Å²) in [6, 6.07) is 7.73.